The minimum Gasteiger partial charge on any atom is -0.340 e. The summed E-state index contributed by atoms with van der Waals surface area (Å²) in [4.78, 5) is 6.60. The number of rotatable bonds is 7. The highest BCUT2D eigenvalue weighted by Gasteiger charge is 2.13. The normalized spacial score (nSPS) is 10.7. The Morgan fingerprint density at radius 2 is 1.47 bits per heavy atom. The summed E-state index contributed by atoms with van der Waals surface area (Å²) >= 11 is 17.9. The Morgan fingerprint density at radius 1 is 0.844 bits per heavy atom. The van der Waals surface area contributed by atoms with Crippen molar-refractivity contribution < 1.29 is 0 Å². The minimum absolute atomic E-state index is 0.543. The number of imidazole rings is 1. The van der Waals surface area contributed by atoms with E-state index < -0.39 is 0 Å². The maximum Gasteiger partial charge on any atom is 0.175 e. The maximum atomic E-state index is 6.13. The van der Waals surface area contributed by atoms with Crippen molar-refractivity contribution in [1.82, 2.24) is 14.5 Å². The molecule has 1 aromatic heterocycles. The number of hydrogen-bond acceptors (Lipinski definition) is 2. The van der Waals surface area contributed by atoms with Gasteiger partial charge in [0.15, 0.2) is 5.11 Å². The fourth-order valence-corrected chi connectivity index (χ4v) is 3.91. The number of aromatic nitrogens is 2. The van der Waals surface area contributed by atoms with Crippen LogP contribution in [0.4, 0.5) is 5.82 Å². The van der Waals surface area contributed by atoms with Crippen molar-refractivity contribution in [1.29, 1.82) is 0 Å². The summed E-state index contributed by atoms with van der Waals surface area (Å²) in [6.07, 6.45) is 3.70. The van der Waals surface area contributed by atoms with E-state index in [9.17, 15) is 0 Å². The summed E-state index contributed by atoms with van der Waals surface area (Å²) < 4.78 is 1.98. The third-order valence-corrected chi connectivity index (χ3v) is 6.04. The average Bonchev–Trinajstić information content (AvgIpc) is 3.24. The summed E-state index contributed by atoms with van der Waals surface area (Å²) in [6, 6.07) is 26.2. The van der Waals surface area contributed by atoms with Gasteiger partial charge in [-0.25, -0.2) is 4.98 Å². The standard InChI is InChI=1S/C25H22Cl2N4S/c26-22-12-11-21(13-23(22)27)14-30-17-24(28-18-30)29-25(32)31(15-19-7-3-1-4-8-19)16-20-9-5-2-6-10-20/h1-13,17-18H,14-16H2,(H,29,32). The first-order chi connectivity index (χ1) is 15.6. The van der Waals surface area contributed by atoms with Crippen molar-refractivity contribution in [2.24, 2.45) is 0 Å². The van der Waals surface area contributed by atoms with Gasteiger partial charge >= 0.3 is 0 Å². The Balaban J connectivity index is 1.45. The molecule has 1 N–H and O–H groups in total. The van der Waals surface area contributed by atoms with Crippen molar-refractivity contribution in [3.05, 3.63) is 118 Å². The zero-order chi connectivity index (χ0) is 22.3. The second-order valence-corrected chi connectivity index (χ2v) is 8.64. The summed E-state index contributed by atoms with van der Waals surface area (Å²) in [5, 5.41) is 5.00. The second-order valence-electron chi connectivity index (χ2n) is 7.44. The van der Waals surface area contributed by atoms with Crippen LogP contribution in [0.15, 0.2) is 91.4 Å². The molecule has 0 saturated heterocycles. The molecule has 0 atom stereocenters. The third kappa shape index (κ3) is 6.10. The molecule has 0 aliphatic rings. The molecule has 162 valence electrons. The van der Waals surface area contributed by atoms with Crippen molar-refractivity contribution in [2.45, 2.75) is 19.6 Å². The molecule has 0 aliphatic heterocycles. The minimum atomic E-state index is 0.543. The van der Waals surface area contributed by atoms with E-state index >= 15 is 0 Å². The molecule has 0 bridgehead atoms. The molecule has 4 aromatic rings. The predicted molar refractivity (Wildman–Crippen MR) is 136 cm³/mol. The summed E-state index contributed by atoms with van der Waals surface area (Å²) in [5.41, 5.74) is 3.43. The van der Waals surface area contributed by atoms with Gasteiger partial charge in [-0.2, -0.15) is 0 Å². The Hall–Kier alpha value is -2.86. The Morgan fingerprint density at radius 3 is 2.06 bits per heavy atom. The van der Waals surface area contributed by atoms with Crippen LogP contribution in [0.2, 0.25) is 10.0 Å². The number of nitrogens with zero attached hydrogens (tertiary/aromatic N) is 3. The van der Waals surface area contributed by atoms with Crippen molar-refractivity contribution in [3.63, 3.8) is 0 Å². The van der Waals surface area contributed by atoms with E-state index in [1.807, 2.05) is 59.3 Å². The molecule has 7 heteroatoms. The Labute approximate surface area is 203 Å². The summed E-state index contributed by atoms with van der Waals surface area (Å²) in [6.45, 7) is 2.03. The van der Waals surface area contributed by atoms with Crippen molar-refractivity contribution >= 4 is 46.4 Å². The molecule has 4 rings (SSSR count). The van der Waals surface area contributed by atoms with Crippen LogP contribution in [-0.4, -0.2) is 19.6 Å². The topological polar surface area (TPSA) is 33.1 Å². The smallest absolute Gasteiger partial charge is 0.175 e. The van der Waals surface area contributed by atoms with Gasteiger partial charge in [0.25, 0.3) is 0 Å². The van der Waals surface area contributed by atoms with Gasteiger partial charge in [-0.1, -0.05) is 89.9 Å². The van der Waals surface area contributed by atoms with Crippen LogP contribution < -0.4 is 5.32 Å². The lowest BCUT2D eigenvalue weighted by atomic mass is 10.2. The van der Waals surface area contributed by atoms with Crippen LogP contribution in [0, 0.1) is 0 Å². The molecule has 0 spiro atoms. The first-order valence-corrected chi connectivity index (χ1v) is 11.3. The molecule has 32 heavy (non-hydrogen) atoms. The zero-order valence-electron chi connectivity index (χ0n) is 17.3. The second kappa shape index (κ2) is 10.6. The molecule has 0 aliphatic carbocycles. The number of hydrogen-bond donors (Lipinski definition) is 1. The van der Waals surface area contributed by atoms with Crippen LogP contribution in [0.5, 0.6) is 0 Å². The van der Waals surface area contributed by atoms with Gasteiger partial charge in [0.1, 0.15) is 5.82 Å². The molecule has 0 radical (unpaired) electrons. The van der Waals surface area contributed by atoms with Gasteiger partial charge in [-0.15, -0.1) is 0 Å². The van der Waals surface area contributed by atoms with E-state index in [1.54, 1.807) is 12.4 Å². The van der Waals surface area contributed by atoms with Gasteiger partial charge in [-0.05, 0) is 41.0 Å². The van der Waals surface area contributed by atoms with Crippen LogP contribution in [0.3, 0.4) is 0 Å². The lowest BCUT2D eigenvalue weighted by molar-refractivity contribution is 0.413. The Kier molecular flexibility index (Phi) is 7.43. The van der Waals surface area contributed by atoms with Gasteiger partial charge in [-0.3, -0.25) is 0 Å². The molecule has 0 unspecified atom stereocenters. The van der Waals surface area contributed by atoms with E-state index in [-0.39, 0.29) is 0 Å². The largest absolute Gasteiger partial charge is 0.340 e. The van der Waals surface area contributed by atoms with Gasteiger partial charge < -0.3 is 14.8 Å². The van der Waals surface area contributed by atoms with E-state index in [0.29, 0.717) is 40.6 Å². The van der Waals surface area contributed by atoms with Gasteiger partial charge in [0.05, 0.1) is 16.4 Å². The zero-order valence-corrected chi connectivity index (χ0v) is 19.6. The first-order valence-electron chi connectivity index (χ1n) is 10.2. The number of anilines is 1. The van der Waals surface area contributed by atoms with E-state index in [1.165, 1.54) is 11.1 Å². The number of nitrogens with one attached hydrogen (secondary N) is 1. The molecule has 0 amide bonds. The third-order valence-electron chi connectivity index (χ3n) is 4.94. The summed E-state index contributed by atoms with van der Waals surface area (Å²) in [5.74, 6) is 0.696. The van der Waals surface area contributed by atoms with Crippen molar-refractivity contribution in [3.8, 4) is 0 Å². The van der Waals surface area contributed by atoms with E-state index in [0.717, 1.165) is 5.56 Å². The maximum absolute atomic E-state index is 6.13. The molecule has 0 saturated carbocycles. The predicted octanol–water partition coefficient (Wildman–Crippen LogP) is 6.64. The Bertz CT molecular complexity index is 1140. The van der Waals surface area contributed by atoms with Crippen LogP contribution >= 0.6 is 35.4 Å². The highest BCUT2D eigenvalue weighted by Crippen LogP contribution is 2.23. The van der Waals surface area contributed by atoms with Crippen LogP contribution in [0.1, 0.15) is 16.7 Å². The van der Waals surface area contributed by atoms with Gasteiger partial charge in [0, 0.05) is 25.8 Å². The fraction of sp³-hybridized carbons (Fsp3) is 0.120. The average molecular weight is 481 g/mol. The van der Waals surface area contributed by atoms with E-state index in [4.69, 9.17) is 35.4 Å². The van der Waals surface area contributed by atoms with E-state index in [2.05, 4.69) is 39.5 Å². The van der Waals surface area contributed by atoms with Crippen LogP contribution in [-0.2, 0) is 19.6 Å². The van der Waals surface area contributed by atoms with Crippen molar-refractivity contribution in [2.75, 3.05) is 5.32 Å². The SMILES string of the molecule is S=C(Nc1cn(Cc2ccc(Cl)c(Cl)c2)cn1)N(Cc1ccccc1)Cc1ccccc1. The van der Waals surface area contributed by atoms with Gasteiger partial charge in [0.2, 0.25) is 0 Å². The highest BCUT2D eigenvalue weighted by molar-refractivity contribution is 7.80. The number of benzene rings is 3. The monoisotopic (exact) mass is 480 g/mol. The highest BCUT2D eigenvalue weighted by atomic mass is 35.5. The molecule has 4 nitrogen and oxygen atoms in total. The molecule has 0 fully saturated rings. The summed E-state index contributed by atoms with van der Waals surface area (Å²) in [7, 11) is 0. The lowest BCUT2D eigenvalue weighted by Crippen LogP contribution is -2.33. The number of halogens is 2. The fourth-order valence-electron chi connectivity index (χ4n) is 3.36. The molecular formula is C25H22Cl2N4S. The molecule has 3 aromatic carbocycles. The molecular weight excluding hydrogens is 459 g/mol. The number of thiocarbonyl (C=S) groups is 1. The lowest BCUT2D eigenvalue weighted by Gasteiger charge is -2.25. The first kappa shape index (κ1) is 22.3. The van der Waals surface area contributed by atoms with Crippen LogP contribution in [0.25, 0.3) is 0 Å². The molecule has 1 heterocycles. The quantitative estimate of drug-likeness (QED) is 0.300.